The predicted molar refractivity (Wildman–Crippen MR) is 83.6 cm³/mol. The summed E-state index contributed by atoms with van der Waals surface area (Å²) in [4.78, 5) is 25.3. The highest BCUT2D eigenvalue weighted by Crippen LogP contribution is 2.19. The van der Waals surface area contributed by atoms with Gasteiger partial charge in [0.2, 0.25) is 0 Å². The highest BCUT2D eigenvalue weighted by Gasteiger charge is 2.36. The standard InChI is InChI=1S/C15H20N2O4.ClH/c1-20-14(18)13-8-7-12(16)9-17(13)15(19)21-10-11-5-3-2-4-6-11;/h2-6,12-13H,7-10,16H2,1H3;1H/t12-,13+;/m1./s1. The van der Waals surface area contributed by atoms with Gasteiger partial charge >= 0.3 is 12.1 Å². The maximum Gasteiger partial charge on any atom is 0.410 e. The van der Waals surface area contributed by atoms with Crippen LogP contribution in [-0.2, 0) is 20.9 Å². The van der Waals surface area contributed by atoms with Gasteiger partial charge in [0.25, 0.3) is 0 Å². The minimum absolute atomic E-state index is 0. The van der Waals surface area contributed by atoms with Gasteiger partial charge < -0.3 is 15.2 Å². The Bertz CT molecular complexity index is 498. The fourth-order valence-corrected chi connectivity index (χ4v) is 2.38. The number of ether oxygens (including phenoxy) is 2. The van der Waals surface area contributed by atoms with E-state index in [-0.39, 0.29) is 25.1 Å². The highest BCUT2D eigenvalue weighted by atomic mass is 35.5. The van der Waals surface area contributed by atoms with Crippen molar-refractivity contribution in [2.45, 2.75) is 31.5 Å². The molecule has 0 bridgehead atoms. The Morgan fingerprint density at radius 1 is 1.27 bits per heavy atom. The summed E-state index contributed by atoms with van der Waals surface area (Å²) in [5.41, 5.74) is 6.76. The zero-order valence-corrected chi connectivity index (χ0v) is 13.3. The zero-order chi connectivity index (χ0) is 15.2. The van der Waals surface area contributed by atoms with Crippen LogP contribution < -0.4 is 5.73 Å². The van der Waals surface area contributed by atoms with E-state index in [1.54, 1.807) is 0 Å². The number of methoxy groups -OCH3 is 1. The Kier molecular flexibility index (Phi) is 7.14. The van der Waals surface area contributed by atoms with Crippen molar-refractivity contribution in [3.05, 3.63) is 35.9 Å². The molecule has 7 heteroatoms. The van der Waals surface area contributed by atoms with Gasteiger partial charge in [-0.2, -0.15) is 0 Å². The Hall–Kier alpha value is -1.79. The molecule has 2 rings (SSSR count). The second-order valence-electron chi connectivity index (χ2n) is 5.07. The maximum absolute atomic E-state index is 12.2. The van der Waals surface area contributed by atoms with E-state index in [0.717, 1.165) is 5.56 Å². The van der Waals surface area contributed by atoms with Gasteiger partial charge in [-0.05, 0) is 18.4 Å². The Morgan fingerprint density at radius 3 is 2.59 bits per heavy atom. The molecule has 0 aromatic heterocycles. The average Bonchev–Trinajstić information content (AvgIpc) is 2.52. The molecule has 0 aliphatic carbocycles. The van der Waals surface area contributed by atoms with Crippen LogP contribution in [0.5, 0.6) is 0 Å². The lowest BCUT2D eigenvalue weighted by Crippen LogP contribution is -2.54. The third-order valence-electron chi connectivity index (χ3n) is 3.53. The summed E-state index contributed by atoms with van der Waals surface area (Å²) in [5.74, 6) is -0.432. The third-order valence-corrected chi connectivity index (χ3v) is 3.53. The van der Waals surface area contributed by atoms with Crippen molar-refractivity contribution in [3.8, 4) is 0 Å². The summed E-state index contributed by atoms with van der Waals surface area (Å²) in [6, 6.07) is 8.62. The Balaban J connectivity index is 0.00000242. The van der Waals surface area contributed by atoms with E-state index in [4.69, 9.17) is 15.2 Å². The van der Waals surface area contributed by atoms with Gasteiger partial charge in [-0.15, -0.1) is 12.4 Å². The number of carbonyl (C=O) groups is 2. The van der Waals surface area contributed by atoms with Crippen molar-refractivity contribution in [1.82, 2.24) is 4.90 Å². The van der Waals surface area contributed by atoms with Crippen molar-refractivity contribution in [2.24, 2.45) is 5.73 Å². The van der Waals surface area contributed by atoms with Crippen LogP contribution >= 0.6 is 12.4 Å². The molecule has 2 N–H and O–H groups in total. The van der Waals surface area contributed by atoms with E-state index < -0.39 is 18.1 Å². The molecule has 1 aromatic carbocycles. The summed E-state index contributed by atoms with van der Waals surface area (Å²) in [6.45, 7) is 0.465. The second kappa shape index (κ2) is 8.60. The molecule has 122 valence electrons. The molecule has 1 heterocycles. The van der Waals surface area contributed by atoms with Crippen LogP contribution in [0.1, 0.15) is 18.4 Å². The number of halogens is 1. The SMILES string of the molecule is COC(=O)[C@@H]1CC[C@@H](N)CN1C(=O)OCc1ccccc1.Cl. The average molecular weight is 329 g/mol. The number of benzene rings is 1. The number of esters is 1. The number of likely N-dealkylation sites (tertiary alicyclic amines) is 1. The summed E-state index contributed by atoms with van der Waals surface area (Å²) in [7, 11) is 1.31. The molecule has 0 spiro atoms. The van der Waals surface area contributed by atoms with E-state index >= 15 is 0 Å². The summed E-state index contributed by atoms with van der Waals surface area (Å²) in [5, 5.41) is 0. The first-order valence-electron chi connectivity index (χ1n) is 6.92. The fourth-order valence-electron chi connectivity index (χ4n) is 2.38. The predicted octanol–water partition coefficient (Wildman–Crippen LogP) is 1.71. The highest BCUT2D eigenvalue weighted by molar-refractivity contribution is 5.85. The number of rotatable bonds is 3. The Labute approximate surface area is 136 Å². The van der Waals surface area contributed by atoms with Crippen molar-refractivity contribution in [3.63, 3.8) is 0 Å². The molecule has 1 amide bonds. The fraction of sp³-hybridized carbons (Fsp3) is 0.467. The largest absolute Gasteiger partial charge is 0.467 e. The van der Waals surface area contributed by atoms with E-state index in [2.05, 4.69) is 0 Å². The smallest absolute Gasteiger partial charge is 0.410 e. The molecule has 1 fully saturated rings. The Morgan fingerprint density at radius 2 is 1.95 bits per heavy atom. The van der Waals surface area contributed by atoms with Crippen LogP contribution in [0.15, 0.2) is 30.3 Å². The van der Waals surface area contributed by atoms with Gasteiger partial charge in [-0.25, -0.2) is 9.59 Å². The first kappa shape index (κ1) is 18.3. The molecule has 1 saturated heterocycles. The van der Waals surface area contributed by atoms with Crippen molar-refractivity contribution in [1.29, 1.82) is 0 Å². The molecule has 1 aliphatic rings. The van der Waals surface area contributed by atoms with Gasteiger partial charge in [-0.3, -0.25) is 4.90 Å². The molecule has 22 heavy (non-hydrogen) atoms. The van der Waals surface area contributed by atoms with Crippen LogP contribution in [0.2, 0.25) is 0 Å². The number of hydrogen-bond donors (Lipinski definition) is 1. The molecule has 1 aromatic rings. The van der Waals surface area contributed by atoms with Gasteiger partial charge in [0.05, 0.1) is 7.11 Å². The van der Waals surface area contributed by atoms with E-state index in [9.17, 15) is 9.59 Å². The lowest BCUT2D eigenvalue weighted by atomic mass is 9.99. The van der Waals surface area contributed by atoms with Gasteiger partial charge in [0.15, 0.2) is 0 Å². The third kappa shape index (κ3) is 4.61. The van der Waals surface area contributed by atoms with Crippen LogP contribution in [-0.4, -0.2) is 42.7 Å². The van der Waals surface area contributed by atoms with Crippen molar-refractivity contribution >= 4 is 24.5 Å². The number of nitrogens with two attached hydrogens (primary N) is 1. The van der Waals surface area contributed by atoms with E-state index in [1.807, 2.05) is 30.3 Å². The van der Waals surface area contributed by atoms with Crippen LogP contribution in [0.25, 0.3) is 0 Å². The molecule has 2 atom stereocenters. The van der Waals surface area contributed by atoms with Crippen LogP contribution in [0.3, 0.4) is 0 Å². The van der Waals surface area contributed by atoms with Crippen LogP contribution in [0, 0.1) is 0 Å². The lowest BCUT2D eigenvalue weighted by molar-refractivity contribution is -0.147. The topological polar surface area (TPSA) is 81.9 Å². The molecule has 0 unspecified atom stereocenters. The molecule has 0 radical (unpaired) electrons. The molecular weight excluding hydrogens is 308 g/mol. The number of nitrogens with zero attached hydrogens (tertiary/aromatic N) is 1. The molecule has 0 saturated carbocycles. The first-order chi connectivity index (χ1) is 10.1. The normalized spacial score (nSPS) is 20.7. The molecule has 6 nitrogen and oxygen atoms in total. The lowest BCUT2D eigenvalue weighted by Gasteiger charge is -2.35. The van der Waals surface area contributed by atoms with E-state index in [1.165, 1.54) is 12.0 Å². The maximum atomic E-state index is 12.2. The summed E-state index contributed by atoms with van der Waals surface area (Å²) in [6.07, 6.45) is 0.640. The van der Waals surface area contributed by atoms with Crippen molar-refractivity contribution in [2.75, 3.05) is 13.7 Å². The number of amides is 1. The number of piperidine rings is 1. The second-order valence-corrected chi connectivity index (χ2v) is 5.07. The number of hydrogen-bond acceptors (Lipinski definition) is 5. The summed E-state index contributed by atoms with van der Waals surface area (Å²) < 4.78 is 10.0. The quantitative estimate of drug-likeness (QED) is 0.854. The van der Waals surface area contributed by atoms with Gasteiger partial charge in [0, 0.05) is 12.6 Å². The molecular formula is C15H21ClN2O4. The van der Waals surface area contributed by atoms with Gasteiger partial charge in [-0.1, -0.05) is 30.3 Å². The summed E-state index contributed by atoms with van der Waals surface area (Å²) >= 11 is 0. The minimum Gasteiger partial charge on any atom is -0.467 e. The van der Waals surface area contributed by atoms with Crippen molar-refractivity contribution < 1.29 is 19.1 Å². The number of carbonyl (C=O) groups excluding carboxylic acids is 2. The van der Waals surface area contributed by atoms with Gasteiger partial charge in [0.1, 0.15) is 12.6 Å². The minimum atomic E-state index is -0.613. The molecule has 1 aliphatic heterocycles. The first-order valence-corrected chi connectivity index (χ1v) is 6.92. The zero-order valence-electron chi connectivity index (χ0n) is 12.4. The monoisotopic (exact) mass is 328 g/mol. The van der Waals surface area contributed by atoms with E-state index in [0.29, 0.717) is 19.4 Å². The van der Waals surface area contributed by atoms with Crippen LogP contribution in [0.4, 0.5) is 4.79 Å².